The van der Waals surface area contributed by atoms with Gasteiger partial charge in [-0.25, -0.2) is 0 Å². The molecule has 1 heterocycles. The maximum atomic E-state index is 10.9. The number of nitrogens with one attached hydrogen (secondary N) is 1. The van der Waals surface area contributed by atoms with Crippen LogP contribution < -0.4 is 5.32 Å². The van der Waals surface area contributed by atoms with Gasteiger partial charge in [-0.15, -0.1) is 12.4 Å². The molecule has 108 valence electrons. The number of nitro groups is 2. The van der Waals surface area contributed by atoms with Crippen molar-refractivity contribution in [1.82, 2.24) is 5.32 Å². The Bertz CT molecular complexity index is 566. The lowest BCUT2D eigenvalue weighted by Gasteiger charge is -2.13. The minimum atomic E-state index is -0.655. The molecule has 1 aromatic rings. The van der Waals surface area contributed by atoms with Crippen LogP contribution in [-0.4, -0.2) is 28.1 Å². The Balaban J connectivity index is 0.00000200. The van der Waals surface area contributed by atoms with Crippen LogP contribution in [0.4, 0.5) is 11.4 Å². The van der Waals surface area contributed by atoms with Gasteiger partial charge >= 0.3 is 0 Å². The number of hydrogen-bond donors (Lipinski definition) is 1. The van der Waals surface area contributed by atoms with Gasteiger partial charge in [-0.05, 0) is 24.2 Å². The molecule has 0 unspecified atom stereocenters. The van der Waals surface area contributed by atoms with Crippen molar-refractivity contribution in [1.29, 1.82) is 0 Å². The van der Waals surface area contributed by atoms with E-state index in [-0.39, 0.29) is 23.8 Å². The van der Waals surface area contributed by atoms with Crippen molar-refractivity contribution in [2.24, 2.45) is 4.99 Å². The van der Waals surface area contributed by atoms with Gasteiger partial charge in [0.15, 0.2) is 5.17 Å². The highest BCUT2D eigenvalue weighted by molar-refractivity contribution is 8.14. The molecule has 8 nitrogen and oxygen atoms in total. The van der Waals surface area contributed by atoms with Gasteiger partial charge in [0.1, 0.15) is 0 Å². The molecule has 1 aliphatic heterocycles. The molecule has 0 amide bonds. The highest BCUT2D eigenvalue weighted by Gasteiger charge is 2.21. The number of halogens is 1. The van der Waals surface area contributed by atoms with E-state index < -0.39 is 9.85 Å². The summed E-state index contributed by atoms with van der Waals surface area (Å²) in [5.41, 5.74) is -0.580. The largest absolute Gasteiger partial charge is 0.365 e. The first-order valence-electron chi connectivity index (χ1n) is 5.47. The van der Waals surface area contributed by atoms with E-state index >= 15 is 0 Å². The average Bonchev–Trinajstić information content (AvgIpc) is 2.39. The standard InChI is InChI=1S/C10H10N4O4S.ClH/c15-13(16)7-2-3-9(8(6-7)14(17)18)19-10-11-4-1-5-12-10;/h2-3,6H,1,4-5H2,(H,11,12);1H. The van der Waals surface area contributed by atoms with Crippen molar-refractivity contribution >= 4 is 40.7 Å². The molecule has 0 spiro atoms. The molecule has 1 N–H and O–H groups in total. The van der Waals surface area contributed by atoms with Gasteiger partial charge in [-0.3, -0.25) is 25.2 Å². The van der Waals surface area contributed by atoms with Crippen molar-refractivity contribution in [2.45, 2.75) is 11.3 Å². The molecule has 0 aromatic heterocycles. The lowest BCUT2D eigenvalue weighted by atomic mass is 10.3. The lowest BCUT2D eigenvalue weighted by molar-refractivity contribution is -0.396. The molecule has 1 aliphatic rings. The van der Waals surface area contributed by atoms with Crippen LogP contribution in [-0.2, 0) is 0 Å². The molecule has 0 bridgehead atoms. The molecular weight excluding hydrogens is 308 g/mol. The van der Waals surface area contributed by atoms with Crippen molar-refractivity contribution in [3.8, 4) is 0 Å². The fourth-order valence-electron chi connectivity index (χ4n) is 1.53. The van der Waals surface area contributed by atoms with E-state index in [1.54, 1.807) is 0 Å². The topological polar surface area (TPSA) is 111 Å². The summed E-state index contributed by atoms with van der Waals surface area (Å²) >= 11 is 1.11. The molecule has 0 saturated heterocycles. The number of aliphatic imine (C=N–C) groups is 1. The number of non-ortho nitro benzene ring substituents is 1. The predicted molar refractivity (Wildman–Crippen MR) is 77.8 cm³/mol. The number of hydrogen-bond acceptors (Lipinski definition) is 7. The summed E-state index contributed by atoms with van der Waals surface area (Å²) < 4.78 is 0. The van der Waals surface area contributed by atoms with Gasteiger partial charge in [0.2, 0.25) is 0 Å². The van der Waals surface area contributed by atoms with Crippen LogP contribution in [0.15, 0.2) is 28.1 Å². The zero-order chi connectivity index (χ0) is 13.8. The Morgan fingerprint density at radius 2 is 2.00 bits per heavy atom. The van der Waals surface area contributed by atoms with Crippen LogP contribution in [0.3, 0.4) is 0 Å². The number of amidine groups is 1. The molecule has 0 aliphatic carbocycles. The summed E-state index contributed by atoms with van der Waals surface area (Å²) in [6, 6.07) is 3.59. The summed E-state index contributed by atoms with van der Waals surface area (Å²) in [5, 5.41) is 25.2. The number of nitrogens with zero attached hydrogens (tertiary/aromatic N) is 3. The number of nitro benzene ring substituents is 2. The van der Waals surface area contributed by atoms with Gasteiger partial charge in [0.25, 0.3) is 11.4 Å². The minimum absolute atomic E-state index is 0. The monoisotopic (exact) mass is 318 g/mol. The van der Waals surface area contributed by atoms with Crippen LogP contribution in [0.25, 0.3) is 0 Å². The molecule has 0 atom stereocenters. The van der Waals surface area contributed by atoms with Crippen molar-refractivity contribution in [3.05, 3.63) is 38.4 Å². The Hall–Kier alpha value is -1.87. The van der Waals surface area contributed by atoms with Gasteiger partial charge in [0.05, 0.1) is 20.8 Å². The fourth-order valence-corrected chi connectivity index (χ4v) is 2.44. The zero-order valence-corrected chi connectivity index (χ0v) is 11.8. The van der Waals surface area contributed by atoms with Gasteiger partial charge < -0.3 is 5.32 Å². The average molecular weight is 319 g/mol. The third-order valence-electron chi connectivity index (χ3n) is 2.42. The summed E-state index contributed by atoms with van der Waals surface area (Å²) in [4.78, 5) is 24.8. The van der Waals surface area contributed by atoms with Crippen molar-refractivity contribution in [2.75, 3.05) is 13.1 Å². The third kappa shape index (κ3) is 3.81. The van der Waals surface area contributed by atoms with Crippen LogP contribution >= 0.6 is 24.2 Å². The van der Waals surface area contributed by atoms with Gasteiger partial charge in [-0.2, -0.15) is 0 Å². The van der Waals surface area contributed by atoms with E-state index in [1.165, 1.54) is 12.1 Å². The Labute approximate surface area is 124 Å². The van der Waals surface area contributed by atoms with Crippen molar-refractivity contribution in [3.63, 3.8) is 0 Å². The van der Waals surface area contributed by atoms with E-state index in [0.29, 0.717) is 16.6 Å². The van der Waals surface area contributed by atoms with E-state index in [0.717, 1.165) is 30.8 Å². The predicted octanol–water partition coefficient (Wildman–Crippen LogP) is 2.37. The van der Waals surface area contributed by atoms with Crippen molar-refractivity contribution < 1.29 is 9.85 Å². The normalized spacial score (nSPS) is 13.7. The highest BCUT2D eigenvalue weighted by atomic mass is 35.5. The molecule has 0 fully saturated rings. The zero-order valence-electron chi connectivity index (χ0n) is 10.1. The first kappa shape index (κ1) is 16.2. The third-order valence-corrected chi connectivity index (χ3v) is 3.46. The van der Waals surface area contributed by atoms with Crippen LogP contribution in [0.1, 0.15) is 6.42 Å². The van der Waals surface area contributed by atoms with E-state index in [1.807, 2.05) is 0 Å². The number of rotatable bonds is 3. The molecule has 0 saturated carbocycles. The van der Waals surface area contributed by atoms with Crippen LogP contribution in [0.2, 0.25) is 0 Å². The Morgan fingerprint density at radius 1 is 1.25 bits per heavy atom. The second-order valence-corrected chi connectivity index (χ2v) is 4.77. The molecule has 10 heteroatoms. The second kappa shape index (κ2) is 7.06. The minimum Gasteiger partial charge on any atom is -0.365 e. The lowest BCUT2D eigenvalue weighted by Crippen LogP contribution is -2.26. The van der Waals surface area contributed by atoms with Crippen LogP contribution in [0.5, 0.6) is 0 Å². The van der Waals surface area contributed by atoms with E-state index in [2.05, 4.69) is 10.3 Å². The fraction of sp³-hybridized carbons (Fsp3) is 0.300. The molecule has 2 rings (SSSR count). The quantitative estimate of drug-likeness (QED) is 0.676. The Morgan fingerprint density at radius 3 is 2.55 bits per heavy atom. The smallest absolute Gasteiger partial charge is 0.290 e. The number of benzene rings is 1. The summed E-state index contributed by atoms with van der Waals surface area (Å²) in [7, 11) is 0. The second-order valence-electron chi connectivity index (χ2n) is 3.74. The highest BCUT2D eigenvalue weighted by Crippen LogP contribution is 2.33. The summed E-state index contributed by atoms with van der Waals surface area (Å²) in [6.45, 7) is 1.45. The molecule has 20 heavy (non-hydrogen) atoms. The van der Waals surface area contributed by atoms with Gasteiger partial charge in [0, 0.05) is 19.2 Å². The maximum absolute atomic E-state index is 10.9. The molecule has 0 radical (unpaired) electrons. The number of thioether (sulfide) groups is 1. The van der Waals surface area contributed by atoms with Gasteiger partial charge in [-0.1, -0.05) is 0 Å². The first-order valence-corrected chi connectivity index (χ1v) is 6.28. The van der Waals surface area contributed by atoms with Crippen LogP contribution in [0, 0.1) is 20.2 Å². The summed E-state index contributed by atoms with van der Waals surface area (Å²) in [5.74, 6) is 0. The van der Waals surface area contributed by atoms with E-state index in [4.69, 9.17) is 0 Å². The molecular formula is C10H11ClN4O4S. The maximum Gasteiger partial charge on any atom is 0.290 e. The molecule has 1 aromatic carbocycles. The van der Waals surface area contributed by atoms with E-state index in [9.17, 15) is 20.2 Å². The Kier molecular flexibility index (Phi) is 5.71. The first-order chi connectivity index (χ1) is 9.08. The summed E-state index contributed by atoms with van der Waals surface area (Å²) in [6.07, 6.45) is 0.923. The SMILES string of the molecule is Cl.O=[N+]([O-])c1ccc(SC2=NCCCN2)c([N+](=O)[O-])c1.